The first-order valence-corrected chi connectivity index (χ1v) is 10.7. The molecule has 1 saturated carbocycles. The molecule has 0 N–H and O–H groups in total. The van der Waals surface area contributed by atoms with Gasteiger partial charge in [0.2, 0.25) is 15.0 Å². The summed E-state index contributed by atoms with van der Waals surface area (Å²) in [7, 11) is 0.0369. The van der Waals surface area contributed by atoms with Crippen LogP contribution in [-0.4, -0.2) is 68.6 Å². The van der Waals surface area contributed by atoms with E-state index in [1.54, 1.807) is 20.4 Å². The van der Waals surface area contributed by atoms with Crippen LogP contribution in [0.3, 0.4) is 0 Å². The molecular formula is C17H29N3O4S. The molecule has 0 aromatic carbocycles. The highest BCUT2D eigenvalue weighted by molar-refractivity contribution is 7.91. The van der Waals surface area contributed by atoms with Crippen LogP contribution < -0.4 is 0 Å². The second-order valence-electron chi connectivity index (χ2n) is 7.14. The monoisotopic (exact) mass is 371 g/mol. The van der Waals surface area contributed by atoms with Gasteiger partial charge in [-0.05, 0) is 38.1 Å². The molecule has 0 unspecified atom stereocenters. The van der Waals surface area contributed by atoms with Crippen molar-refractivity contribution >= 4 is 9.84 Å². The average Bonchev–Trinajstić information content (AvgIpc) is 3.30. The van der Waals surface area contributed by atoms with Gasteiger partial charge >= 0.3 is 0 Å². The average molecular weight is 372 g/mol. The molecule has 1 atom stereocenters. The highest BCUT2D eigenvalue weighted by atomic mass is 32.2. The van der Waals surface area contributed by atoms with Crippen molar-refractivity contribution in [3.8, 4) is 0 Å². The van der Waals surface area contributed by atoms with Gasteiger partial charge in [0, 0.05) is 33.9 Å². The molecule has 3 rings (SSSR count). The van der Waals surface area contributed by atoms with E-state index in [-0.39, 0.29) is 17.0 Å². The summed E-state index contributed by atoms with van der Waals surface area (Å²) in [6.07, 6.45) is 6.16. The Morgan fingerprint density at radius 3 is 2.76 bits per heavy atom. The molecule has 0 bridgehead atoms. The third kappa shape index (κ3) is 4.81. The molecule has 1 aromatic heterocycles. The predicted molar refractivity (Wildman–Crippen MR) is 94.2 cm³/mol. The van der Waals surface area contributed by atoms with E-state index in [1.165, 1.54) is 0 Å². The fourth-order valence-electron chi connectivity index (χ4n) is 3.44. The first-order valence-electron chi connectivity index (χ1n) is 9.04. The number of sulfone groups is 1. The molecule has 142 valence electrons. The summed E-state index contributed by atoms with van der Waals surface area (Å²) in [5, 5.41) is 0.201. The van der Waals surface area contributed by atoms with E-state index in [9.17, 15) is 8.42 Å². The Balaban J connectivity index is 1.78. The highest BCUT2D eigenvalue weighted by Gasteiger charge is 2.32. The number of hydrogen-bond acceptors (Lipinski definition) is 6. The summed E-state index contributed by atoms with van der Waals surface area (Å²) < 4.78 is 37.9. The molecule has 0 radical (unpaired) electrons. The van der Waals surface area contributed by atoms with E-state index in [2.05, 4.69) is 9.88 Å². The summed E-state index contributed by atoms with van der Waals surface area (Å²) in [5.41, 5.74) is 0.933. The first kappa shape index (κ1) is 18.8. The lowest BCUT2D eigenvalue weighted by Gasteiger charge is -2.31. The quantitative estimate of drug-likeness (QED) is 0.652. The molecule has 2 heterocycles. The minimum Gasteiger partial charge on any atom is -0.383 e. The topological polar surface area (TPSA) is 73.7 Å². The Morgan fingerprint density at radius 1 is 1.28 bits per heavy atom. The number of nitrogens with zero attached hydrogens (tertiary/aromatic N) is 3. The fraction of sp³-hybridized carbons (Fsp3) is 0.824. The van der Waals surface area contributed by atoms with Crippen molar-refractivity contribution in [3.05, 3.63) is 11.9 Å². The van der Waals surface area contributed by atoms with Crippen molar-refractivity contribution < 1.29 is 17.9 Å². The van der Waals surface area contributed by atoms with E-state index < -0.39 is 9.84 Å². The van der Waals surface area contributed by atoms with Gasteiger partial charge in [0.05, 0.1) is 30.4 Å². The van der Waals surface area contributed by atoms with Crippen LogP contribution >= 0.6 is 0 Å². The van der Waals surface area contributed by atoms with Crippen LogP contribution in [-0.2, 0) is 32.4 Å². The van der Waals surface area contributed by atoms with Crippen LogP contribution in [0.1, 0.15) is 31.4 Å². The maximum atomic E-state index is 12.7. The van der Waals surface area contributed by atoms with Crippen molar-refractivity contribution in [2.45, 2.75) is 50.0 Å². The Kier molecular flexibility index (Phi) is 6.14. The predicted octanol–water partition coefficient (Wildman–Crippen LogP) is 1.32. The van der Waals surface area contributed by atoms with Crippen molar-refractivity contribution in [1.82, 2.24) is 14.5 Å². The minimum absolute atomic E-state index is 0.201. The summed E-state index contributed by atoms with van der Waals surface area (Å²) in [4.78, 5) is 6.60. The summed E-state index contributed by atoms with van der Waals surface area (Å²) in [6.45, 7) is 3.54. The SMILES string of the molecule is COCCn1c(CN2CCC[C@@H](OC)C2)cnc1S(=O)(=O)CC1CC1. The van der Waals surface area contributed by atoms with E-state index in [0.29, 0.717) is 25.6 Å². The maximum Gasteiger partial charge on any atom is 0.227 e. The van der Waals surface area contributed by atoms with Crippen molar-refractivity contribution in [1.29, 1.82) is 0 Å². The summed E-state index contributed by atoms with van der Waals surface area (Å²) in [5.74, 6) is 0.525. The zero-order valence-corrected chi connectivity index (χ0v) is 16.0. The molecule has 0 spiro atoms. The molecule has 7 nitrogen and oxygen atoms in total. The van der Waals surface area contributed by atoms with Gasteiger partial charge in [-0.15, -0.1) is 0 Å². The van der Waals surface area contributed by atoms with Gasteiger partial charge in [0.15, 0.2) is 0 Å². The third-order valence-electron chi connectivity index (χ3n) is 5.03. The normalized spacial score (nSPS) is 22.4. The van der Waals surface area contributed by atoms with Crippen LogP contribution in [0.4, 0.5) is 0 Å². The molecule has 1 aliphatic heterocycles. The third-order valence-corrected chi connectivity index (χ3v) is 6.82. The largest absolute Gasteiger partial charge is 0.383 e. The van der Waals surface area contributed by atoms with E-state index in [0.717, 1.165) is 44.5 Å². The van der Waals surface area contributed by atoms with Crippen molar-refractivity contribution in [2.75, 3.05) is 39.7 Å². The number of methoxy groups -OCH3 is 2. The lowest BCUT2D eigenvalue weighted by molar-refractivity contribution is 0.0275. The first-order chi connectivity index (χ1) is 12.0. The molecule has 0 amide bonds. The smallest absolute Gasteiger partial charge is 0.227 e. The molecule has 1 saturated heterocycles. The van der Waals surface area contributed by atoms with Crippen LogP contribution in [0.15, 0.2) is 11.4 Å². The Morgan fingerprint density at radius 2 is 2.08 bits per heavy atom. The van der Waals surface area contributed by atoms with Crippen LogP contribution in [0, 0.1) is 5.92 Å². The number of rotatable bonds is 9. The van der Waals surface area contributed by atoms with E-state index in [1.807, 2.05) is 4.57 Å². The zero-order valence-electron chi connectivity index (χ0n) is 15.2. The second-order valence-corrected chi connectivity index (χ2v) is 9.06. The Hall–Kier alpha value is -0.960. The number of hydrogen-bond donors (Lipinski definition) is 0. The Labute approximate surface area is 150 Å². The molecule has 2 fully saturated rings. The van der Waals surface area contributed by atoms with Crippen LogP contribution in [0.25, 0.3) is 0 Å². The van der Waals surface area contributed by atoms with E-state index in [4.69, 9.17) is 9.47 Å². The van der Waals surface area contributed by atoms with Crippen LogP contribution in [0.5, 0.6) is 0 Å². The fourth-order valence-corrected chi connectivity index (χ4v) is 5.30. The van der Waals surface area contributed by atoms with Gasteiger partial charge in [-0.1, -0.05) is 0 Å². The number of ether oxygens (including phenoxy) is 2. The van der Waals surface area contributed by atoms with Gasteiger partial charge in [0.25, 0.3) is 0 Å². The number of likely N-dealkylation sites (tertiary alicyclic amines) is 1. The van der Waals surface area contributed by atoms with Crippen molar-refractivity contribution in [3.63, 3.8) is 0 Å². The molecule has 25 heavy (non-hydrogen) atoms. The van der Waals surface area contributed by atoms with Gasteiger partial charge < -0.3 is 14.0 Å². The second kappa shape index (κ2) is 8.16. The molecular weight excluding hydrogens is 342 g/mol. The lowest BCUT2D eigenvalue weighted by Crippen LogP contribution is -2.39. The lowest BCUT2D eigenvalue weighted by atomic mass is 10.1. The van der Waals surface area contributed by atoms with Gasteiger partial charge in [-0.3, -0.25) is 4.90 Å². The number of imidazole rings is 1. The highest BCUT2D eigenvalue weighted by Crippen LogP contribution is 2.32. The van der Waals surface area contributed by atoms with Gasteiger partial charge in [-0.2, -0.15) is 0 Å². The van der Waals surface area contributed by atoms with Crippen LogP contribution in [0.2, 0.25) is 0 Å². The molecule has 1 aliphatic carbocycles. The van der Waals surface area contributed by atoms with Gasteiger partial charge in [0.1, 0.15) is 0 Å². The zero-order chi connectivity index (χ0) is 17.9. The summed E-state index contributed by atoms with van der Waals surface area (Å²) in [6, 6.07) is 0. The number of aromatic nitrogens is 2. The molecule has 2 aliphatic rings. The minimum atomic E-state index is -3.34. The van der Waals surface area contributed by atoms with Crippen molar-refractivity contribution in [2.24, 2.45) is 5.92 Å². The standard InChI is InChI=1S/C17H29N3O4S/c1-23-9-8-20-15(11-19-7-3-4-16(12-19)24-2)10-18-17(20)25(21,22)13-14-5-6-14/h10,14,16H,3-9,11-13H2,1-2H3/t16-/m1/s1. The van der Waals surface area contributed by atoms with Gasteiger partial charge in [-0.25, -0.2) is 13.4 Å². The number of piperidine rings is 1. The summed E-state index contributed by atoms with van der Waals surface area (Å²) >= 11 is 0. The maximum absolute atomic E-state index is 12.7. The van der Waals surface area contributed by atoms with E-state index >= 15 is 0 Å². The molecule has 8 heteroatoms. The molecule has 1 aromatic rings. The Bertz CT molecular complexity index is 669.